The summed E-state index contributed by atoms with van der Waals surface area (Å²) in [5.41, 5.74) is 8.91. The van der Waals surface area contributed by atoms with Gasteiger partial charge in [0.25, 0.3) is 5.91 Å². The lowest BCUT2D eigenvalue weighted by Gasteiger charge is -2.33. The van der Waals surface area contributed by atoms with Crippen LogP contribution in [0.3, 0.4) is 0 Å². The average Bonchev–Trinajstić information content (AvgIpc) is 3.38. The van der Waals surface area contributed by atoms with Gasteiger partial charge in [0.1, 0.15) is 21.6 Å². The first-order valence-electron chi connectivity index (χ1n) is 9.00. The summed E-state index contributed by atoms with van der Waals surface area (Å²) in [5, 5.41) is 16.5. The van der Waals surface area contributed by atoms with Gasteiger partial charge in [0.05, 0.1) is 11.4 Å². The fourth-order valence-corrected chi connectivity index (χ4v) is 4.83. The van der Waals surface area contributed by atoms with E-state index in [0.717, 1.165) is 42.9 Å². The van der Waals surface area contributed by atoms with Crippen LogP contribution in [0.4, 0.5) is 11.4 Å². The van der Waals surface area contributed by atoms with E-state index in [-0.39, 0.29) is 11.9 Å². The summed E-state index contributed by atoms with van der Waals surface area (Å²) in [4.78, 5) is 20.1. The number of nitriles is 1. The summed E-state index contributed by atoms with van der Waals surface area (Å²) in [7, 11) is 0. The van der Waals surface area contributed by atoms with Gasteiger partial charge in [-0.1, -0.05) is 12.1 Å². The summed E-state index contributed by atoms with van der Waals surface area (Å²) in [6, 6.07) is 12.1. The zero-order valence-electron chi connectivity index (χ0n) is 15.1. The number of anilines is 2. The second kappa shape index (κ2) is 8.10. The molecule has 0 radical (unpaired) electrons. The summed E-state index contributed by atoms with van der Waals surface area (Å²) < 4.78 is 0. The third-order valence-corrected chi connectivity index (χ3v) is 6.46. The minimum atomic E-state index is -0.252. The predicted octanol–water partition coefficient (Wildman–Crippen LogP) is 3.92. The standard InChI is InChI=1S/C20H19N5OS2/c21-11-18-14(7-10-27-18)20-24-16(12-28-20)19(26)23-15-3-1-2-4-17(15)25-8-5-13(22)6-9-25/h1-4,7,10,12-13H,5-6,8-9,22H2,(H,23,26). The van der Waals surface area contributed by atoms with Gasteiger partial charge in [0, 0.05) is 30.1 Å². The number of nitrogens with one attached hydrogen (secondary N) is 1. The molecule has 1 aromatic carbocycles. The van der Waals surface area contributed by atoms with Crippen LogP contribution in [0, 0.1) is 11.3 Å². The normalized spacial score (nSPS) is 14.6. The molecule has 1 amide bonds. The monoisotopic (exact) mass is 409 g/mol. The Morgan fingerprint density at radius 1 is 1.25 bits per heavy atom. The second-order valence-electron chi connectivity index (χ2n) is 6.61. The van der Waals surface area contributed by atoms with Crippen molar-refractivity contribution in [2.24, 2.45) is 5.73 Å². The van der Waals surface area contributed by atoms with Crippen LogP contribution in [0.2, 0.25) is 0 Å². The van der Waals surface area contributed by atoms with Gasteiger partial charge in [-0.2, -0.15) is 5.26 Å². The summed E-state index contributed by atoms with van der Waals surface area (Å²) >= 11 is 2.74. The lowest BCUT2D eigenvalue weighted by Crippen LogP contribution is -2.40. The van der Waals surface area contributed by atoms with E-state index in [1.807, 2.05) is 35.7 Å². The highest BCUT2D eigenvalue weighted by atomic mass is 32.1. The molecule has 3 aromatic rings. The number of benzene rings is 1. The van der Waals surface area contributed by atoms with Crippen molar-refractivity contribution in [1.82, 2.24) is 4.98 Å². The third kappa shape index (κ3) is 3.78. The van der Waals surface area contributed by atoms with E-state index >= 15 is 0 Å². The number of carbonyl (C=O) groups excluding carboxylic acids is 1. The van der Waals surface area contributed by atoms with Crippen LogP contribution in [-0.4, -0.2) is 30.0 Å². The van der Waals surface area contributed by atoms with Gasteiger partial charge < -0.3 is 16.0 Å². The number of para-hydroxylation sites is 2. The van der Waals surface area contributed by atoms with Gasteiger partial charge in [0.2, 0.25) is 0 Å². The smallest absolute Gasteiger partial charge is 0.275 e. The van der Waals surface area contributed by atoms with E-state index in [1.54, 1.807) is 5.38 Å². The molecule has 3 heterocycles. The molecule has 0 saturated carbocycles. The maximum absolute atomic E-state index is 12.8. The fourth-order valence-electron chi connectivity index (χ4n) is 3.25. The average molecular weight is 410 g/mol. The molecule has 28 heavy (non-hydrogen) atoms. The Bertz CT molecular complexity index is 1030. The molecule has 6 nitrogen and oxygen atoms in total. The Morgan fingerprint density at radius 3 is 2.82 bits per heavy atom. The van der Waals surface area contributed by atoms with Crippen LogP contribution in [0.5, 0.6) is 0 Å². The molecule has 0 atom stereocenters. The van der Waals surface area contributed by atoms with Gasteiger partial charge >= 0.3 is 0 Å². The van der Waals surface area contributed by atoms with Gasteiger partial charge in [-0.05, 0) is 36.4 Å². The Kier molecular flexibility index (Phi) is 5.39. The van der Waals surface area contributed by atoms with Crippen molar-refractivity contribution in [2.45, 2.75) is 18.9 Å². The SMILES string of the molecule is N#Cc1sccc1-c1nc(C(=O)Nc2ccccc2N2CCC(N)CC2)cs1. The zero-order valence-corrected chi connectivity index (χ0v) is 16.7. The van der Waals surface area contributed by atoms with E-state index in [4.69, 9.17) is 5.73 Å². The maximum atomic E-state index is 12.8. The van der Waals surface area contributed by atoms with Crippen molar-refractivity contribution >= 4 is 40.0 Å². The summed E-state index contributed by atoms with van der Waals surface area (Å²) in [5.74, 6) is -0.252. The maximum Gasteiger partial charge on any atom is 0.275 e. The van der Waals surface area contributed by atoms with Crippen LogP contribution in [0.1, 0.15) is 28.2 Å². The molecule has 2 aromatic heterocycles. The van der Waals surface area contributed by atoms with E-state index < -0.39 is 0 Å². The number of thiazole rings is 1. The van der Waals surface area contributed by atoms with E-state index in [9.17, 15) is 10.1 Å². The van der Waals surface area contributed by atoms with Gasteiger partial charge in [-0.15, -0.1) is 22.7 Å². The Balaban J connectivity index is 1.53. The Hall–Kier alpha value is -2.73. The molecule has 0 unspecified atom stereocenters. The molecule has 8 heteroatoms. The predicted molar refractivity (Wildman–Crippen MR) is 114 cm³/mol. The largest absolute Gasteiger partial charge is 0.370 e. The minimum Gasteiger partial charge on any atom is -0.370 e. The van der Waals surface area contributed by atoms with E-state index in [1.165, 1.54) is 22.7 Å². The molecule has 1 saturated heterocycles. The highest BCUT2D eigenvalue weighted by Gasteiger charge is 2.20. The fraction of sp³-hybridized carbons (Fsp3) is 0.250. The minimum absolute atomic E-state index is 0.252. The number of nitrogens with two attached hydrogens (primary N) is 1. The molecule has 4 rings (SSSR count). The number of hydrogen-bond acceptors (Lipinski definition) is 7. The number of nitrogens with zero attached hydrogens (tertiary/aromatic N) is 3. The first kappa shape index (κ1) is 18.6. The molecule has 3 N–H and O–H groups in total. The molecule has 0 bridgehead atoms. The van der Waals surface area contributed by atoms with Crippen LogP contribution >= 0.6 is 22.7 Å². The molecular weight excluding hydrogens is 390 g/mol. The molecular formula is C20H19N5OS2. The zero-order chi connectivity index (χ0) is 19.5. The first-order valence-corrected chi connectivity index (χ1v) is 10.8. The van der Waals surface area contributed by atoms with Gasteiger partial charge in [-0.3, -0.25) is 4.79 Å². The van der Waals surface area contributed by atoms with Crippen LogP contribution in [0.25, 0.3) is 10.6 Å². The van der Waals surface area contributed by atoms with Gasteiger partial charge in [0.15, 0.2) is 0 Å². The number of hydrogen-bond donors (Lipinski definition) is 2. The van der Waals surface area contributed by atoms with Gasteiger partial charge in [-0.25, -0.2) is 4.98 Å². The molecule has 142 valence electrons. The summed E-state index contributed by atoms with van der Waals surface area (Å²) in [6.07, 6.45) is 1.89. The number of carbonyl (C=O) groups is 1. The van der Waals surface area contributed by atoms with E-state index in [0.29, 0.717) is 15.6 Å². The van der Waals surface area contributed by atoms with Crippen LogP contribution in [0.15, 0.2) is 41.1 Å². The van der Waals surface area contributed by atoms with Crippen LogP contribution < -0.4 is 16.0 Å². The van der Waals surface area contributed by atoms with Crippen molar-refractivity contribution < 1.29 is 4.79 Å². The van der Waals surface area contributed by atoms with Crippen LogP contribution in [-0.2, 0) is 0 Å². The number of amides is 1. The molecule has 1 aliphatic heterocycles. The Labute approximate surface area is 171 Å². The quantitative estimate of drug-likeness (QED) is 0.681. The molecule has 0 spiro atoms. The molecule has 1 fully saturated rings. The van der Waals surface area contributed by atoms with Crippen molar-refractivity contribution in [3.05, 3.63) is 51.7 Å². The topological polar surface area (TPSA) is 95.0 Å². The highest BCUT2D eigenvalue weighted by molar-refractivity contribution is 7.14. The Morgan fingerprint density at radius 2 is 2.04 bits per heavy atom. The first-order chi connectivity index (χ1) is 13.7. The van der Waals surface area contributed by atoms with Crippen molar-refractivity contribution in [1.29, 1.82) is 5.26 Å². The highest BCUT2D eigenvalue weighted by Crippen LogP contribution is 2.31. The lowest BCUT2D eigenvalue weighted by atomic mass is 10.0. The summed E-state index contributed by atoms with van der Waals surface area (Å²) in [6.45, 7) is 1.76. The van der Waals surface area contributed by atoms with Crippen molar-refractivity contribution in [3.63, 3.8) is 0 Å². The number of piperidine rings is 1. The van der Waals surface area contributed by atoms with Crippen molar-refractivity contribution in [3.8, 4) is 16.6 Å². The van der Waals surface area contributed by atoms with Crippen molar-refractivity contribution in [2.75, 3.05) is 23.3 Å². The number of thiophene rings is 1. The third-order valence-electron chi connectivity index (χ3n) is 4.77. The number of aromatic nitrogens is 1. The lowest BCUT2D eigenvalue weighted by molar-refractivity contribution is 0.102. The molecule has 1 aliphatic rings. The second-order valence-corrected chi connectivity index (χ2v) is 8.38. The molecule has 0 aliphatic carbocycles. The van der Waals surface area contributed by atoms with E-state index in [2.05, 4.69) is 21.3 Å². The number of rotatable bonds is 4.